The SMILES string of the molecule is CC1CCCN(Cc2ccc(Oc3ccc(C(N)=O)cn3)cc2)C1. The minimum Gasteiger partial charge on any atom is -0.439 e. The van der Waals surface area contributed by atoms with Gasteiger partial charge in [0.25, 0.3) is 0 Å². The Hall–Kier alpha value is -2.40. The van der Waals surface area contributed by atoms with Crippen LogP contribution in [0.1, 0.15) is 35.7 Å². The maximum absolute atomic E-state index is 11.0. The molecule has 5 nitrogen and oxygen atoms in total. The van der Waals surface area contributed by atoms with Crippen molar-refractivity contribution in [2.75, 3.05) is 13.1 Å². The van der Waals surface area contributed by atoms with Crippen LogP contribution in [0.25, 0.3) is 0 Å². The molecule has 126 valence electrons. The molecule has 2 heterocycles. The molecule has 0 aliphatic carbocycles. The van der Waals surface area contributed by atoms with Gasteiger partial charge in [-0.3, -0.25) is 9.69 Å². The molecule has 1 unspecified atom stereocenters. The minimum atomic E-state index is -0.495. The number of carbonyl (C=O) groups is 1. The van der Waals surface area contributed by atoms with Crippen molar-refractivity contribution < 1.29 is 9.53 Å². The fraction of sp³-hybridized carbons (Fsp3) is 0.368. The van der Waals surface area contributed by atoms with E-state index in [2.05, 4.69) is 28.9 Å². The molecule has 1 aliphatic rings. The van der Waals surface area contributed by atoms with Gasteiger partial charge in [-0.25, -0.2) is 4.98 Å². The van der Waals surface area contributed by atoms with Crippen LogP contribution >= 0.6 is 0 Å². The largest absolute Gasteiger partial charge is 0.439 e. The number of piperidine rings is 1. The first-order valence-corrected chi connectivity index (χ1v) is 8.35. The normalized spacial score (nSPS) is 18.3. The van der Waals surface area contributed by atoms with E-state index in [1.54, 1.807) is 12.1 Å². The summed E-state index contributed by atoms with van der Waals surface area (Å²) in [5.41, 5.74) is 6.85. The van der Waals surface area contributed by atoms with Gasteiger partial charge in [0.15, 0.2) is 0 Å². The maximum Gasteiger partial charge on any atom is 0.250 e. The number of hydrogen-bond acceptors (Lipinski definition) is 4. The van der Waals surface area contributed by atoms with Crippen molar-refractivity contribution in [3.05, 3.63) is 53.7 Å². The number of pyridine rings is 1. The molecule has 1 fully saturated rings. The Labute approximate surface area is 142 Å². The lowest BCUT2D eigenvalue weighted by Gasteiger charge is -2.30. The molecule has 2 aromatic rings. The van der Waals surface area contributed by atoms with Crippen molar-refractivity contribution in [1.82, 2.24) is 9.88 Å². The highest BCUT2D eigenvalue weighted by Crippen LogP contribution is 2.22. The number of nitrogens with zero attached hydrogens (tertiary/aromatic N) is 2. The number of amides is 1. The highest BCUT2D eigenvalue weighted by atomic mass is 16.5. The molecular weight excluding hydrogens is 302 g/mol. The number of likely N-dealkylation sites (tertiary alicyclic amines) is 1. The van der Waals surface area contributed by atoms with Gasteiger partial charge in [0.1, 0.15) is 5.75 Å². The molecule has 0 saturated carbocycles. The number of ether oxygens (including phenoxy) is 1. The van der Waals surface area contributed by atoms with Gasteiger partial charge >= 0.3 is 0 Å². The number of nitrogens with two attached hydrogens (primary N) is 1. The molecule has 1 aromatic heterocycles. The summed E-state index contributed by atoms with van der Waals surface area (Å²) in [5.74, 6) is 1.46. The van der Waals surface area contributed by atoms with E-state index in [1.807, 2.05) is 12.1 Å². The van der Waals surface area contributed by atoms with E-state index >= 15 is 0 Å². The fourth-order valence-electron chi connectivity index (χ4n) is 3.06. The average Bonchev–Trinajstić information content (AvgIpc) is 2.57. The molecule has 0 bridgehead atoms. The standard InChI is InChI=1S/C19H23N3O2/c1-14-3-2-10-22(12-14)13-15-4-7-17(8-5-15)24-18-9-6-16(11-21-18)19(20)23/h4-9,11,14H,2-3,10,12-13H2,1H3,(H2,20,23). The zero-order chi connectivity index (χ0) is 16.9. The summed E-state index contributed by atoms with van der Waals surface area (Å²) in [4.78, 5) is 17.6. The Morgan fingerprint density at radius 3 is 2.71 bits per heavy atom. The van der Waals surface area contributed by atoms with Gasteiger partial charge in [-0.05, 0) is 49.1 Å². The van der Waals surface area contributed by atoms with Gasteiger partial charge in [-0.1, -0.05) is 19.1 Å². The molecule has 2 N–H and O–H groups in total. The van der Waals surface area contributed by atoms with Crippen LogP contribution in [0.5, 0.6) is 11.6 Å². The van der Waals surface area contributed by atoms with Crippen LogP contribution in [0.4, 0.5) is 0 Å². The van der Waals surface area contributed by atoms with Crippen LogP contribution in [0.15, 0.2) is 42.6 Å². The minimum absolute atomic E-state index is 0.369. The second kappa shape index (κ2) is 7.45. The molecule has 5 heteroatoms. The fourth-order valence-corrected chi connectivity index (χ4v) is 3.06. The Morgan fingerprint density at radius 1 is 1.29 bits per heavy atom. The number of carbonyl (C=O) groups excluding carboxylic acids is 1. The van der Waals surface area contributed by atoms with Gasteiger partial charge in [-0.15, -0.1) is 0 Å². The summed E-state index contributed by atoms with van der Waals surface area (Å²) >= 11 is 0. The summed E-state index contributed by atoms with van der Waals surface area (Å²) in [7, 11) is 0. The number of primary amides is 1. The van der Waals surface area contributed by atoms with Crippen molar-refractivity contribution in [2.45, 2.75) is 26.3 Å². The summed E-state index contributed by atoms with van der Waals surface area (Å²) in [6.07, 6.45) is 4.05. The van der Waals surface area contributed by atoms with Crippen LogP contribution in [-0.4, -0.2) is 28.9 Å². The topological polar surface area (TPSA) is 68.5 Å². The van der Waals surface area contributed by atoms with Gasteiger partial charge in [0.2, 0.25) is 11.8 Å². The van der Waals surface area contributed by atoms with Gasteiger partial charge in [0, 0.05) is 25.4 Å². The predicted octanol–water partition coefficient (Wildman–Crippen LogP) is 3.20. The Kier molecular flexibility index (Phi) is 5.11. The van der Waals surface area contributed by atoms with E-state index in [0.717, 1.165) is 18.2 Å². The van der Waals surface area contributed by atoms with Crippen molar-refractivity contribution in [2.24, 2.45) is 11.7 Å². The van der Waals surface area contributed by atoms with Crippen LogP contribution < -0.4 is 10.5 Å². The first-order valence-electron chi connectivity index (χ1n) is 8.35. The monoisotopic (exact) mass is 325 g/mol. The van der Waals surface area contributed by atoms with E-state index in [0.29, 0.717) is 11.4 Å². The second-order valence-electron chi connectivity index (χ2n) is 6.48. The molecule has 3 rings (SSSR count). The highest BCUT2D eigenvalue weighted by Gasteiger charge is 2.16. The third kappa shape index (κ3) is 4.32. The van der Waals surface area contributed by atoms with Gasteiger partial charge < -0.3 is 10.5 Å². The molecule has 1 amide bonds. The number of aromatic nitrogens is 1. The number of hydrogen-bond donors (Lipinski definition) is 1. The predicted molar refractivity (Wildman–Crippen MR) is 92.9 cm³/mol. The van der Waals surface area contributed by atoms with Crippen molar-refractivity contribution in [3.63, 3.8) is 0 Å². The van der Waals surface area contributed by atoms with Crippen molar-refractivity contribution in [1.29, 1.82) is 0 Å². The van der Waals surface area contributed by atoms with Gasteiger partial charge in [-0.2, -0.15) is 0 Å². The Balaban J connectivity index is 1.58. The Bertz CT molecular complexity index is 683. The molecule has 1 saturated heterocycles. The molecule has 24 heavy (non-hydrogen) atoms. The molecule has 1 atom stereocenters. The first kappa shape index (κ1) is 16.5. The lowest BCUT2D eigenvalue weighted by Crippen LogP contribution is -2.33. The van der Waals surface area contributed by atoms with Crippen LogP contribution in [-0.2, 0) is 6.54 Å². The molecule has 1 aromatic carbocycles. The van der Waals surface area contributed by atoms with Crippen LogP contribution in [0.2, 0.25) is 0 Å². The quantitative estimate of drug-likeness (QED) is 0.916. The van der Waals surface area contributed by atoms with Crippen LogP contribution in [0.3, 0.4) is 0 Å². The highest BCUT2D eigenvalue weighted by molar-refractivity contribution is 5.92. The number of rotatable bonds is 5. The van der Waals surface area contributed by atoms with E-state index < -0.39 is 5.91 Å². The smallest absolute Gasteiger partial charge is 0.250 e. The van der Waals surface area contributed by atoms with Gasteiger partial charge in [0.05, 0.1) is 5.56 Å². The first-order chi connectivity index (χ1) is 11.6. The summed E-state index contributed by atoms with van der Waals surface area (Å²) in [5, 5.41) is 0. The van der Waals surface area contributed by atoms with E-state index in [4.69, 9.17) is 10.5 Å². The molecule has 0 radical (unpaired) electrons. The molecule has 0 spiro atoms. The third-order valence-corrected chi connectivity index (χ3v) is 4.31. The lowest BCUT2D eigenvalue weighted by atomic mass is 10.00. The zero-order valence-electron chi connectivity index (χ0n) is 13.9. The average molecular weight is 325 g/mol. The van der Waals surface area contributed by atoms with E-state index in [1.165, 1.54) is 37.7 Å². The summed E-state index contributed by atoms with van der Waals surface area (Å²) < 4.78 is 5.70. The maximum atomic E-state index is 11.0. The van der Waals surface area contributed by atoms with E-state index in [-0.39, 0.29) is 0 Å². The molecular formula is C19H23N3O2. The molecule has 1 aliphatic heterocycles. The number of benzene rings is 1. The van der Waals surface area contributed by atoms with Crippen LogP contribution in [0, 0.1) is 5.92 Å². The summed E-state index contributed by atoms with van der Waals surface area (Å²) in [6.45, 7) is 5.66. The summed E-state index contributed by atoms with van der Waals surface area (Å²) in [6, 6.07) is 11.3. The van der Waals surface area contributed by atoms with Crippen molar-refractivity contribution in [3.8, 4) is 11.6 Å². The van der Waals surface area contributed by atoms with Crippen molar-refractivity contribution >= 4 is 5.91 Å². The lowest BCUT2D eigenvalue weighted by molar-refractivity contribution is 0.1000. The third-order valence-electron chi connectivity index (χ3n) is 4.31. The second-order valence-corrected chi connectivity index (χ2v) is 6.48. The zero-order valence-corrected chi connectivity index (χ0v) is 13.9. The Morgan fingerprint density at radius 2 is 2.08 bits per heavy atom. The van der Waals surface area contributed by atoms with E-state index in [9.17, 15) is 4.79 Å².